The highest BCUT2D eigenvalue weighted by Gasteiger charge is 2.37. The van der Waals surface area contributed by atoms with Gasteiger partial charge in [-0.15, -0.1) is 0 Å². The molecule has 0 aromatic heterocycles. The molecule has 114 valence electrons. The SMILES string of the molecule is CCC1(COc2ccc(C(=O)c3ccccc3)cc2)COC1. The second-order valence-electron chi connectivity index (χ2n) is 5.85. The topological polar surface area (TPSA) is 35.5 Å². The fraction of sp³-hybridized carbons (Fsp3) is 0.316. The monoisotopic (exact) mass is 296 g/mol. The largest absolute Gasteiger partial charge is 0.493 e. The average molecular weight is 296 g/mol. The molecule has 0 saturated carbocycles. The van der Waals surface area contributed by atoms with Crippen LogP contribution >= 0.6 is 0 Å². The molecule has 0 unspecified atom stereocenters. The van der Waals surface area contributed by atoms with Gasteiger partial charge in [0.2, 0.25) is 0 Å². The second-order valence-corrected chi connectivity index (χ2v) is 5.85. The van der Waals surface area contributed by atoms with Gasteiger partial charge in [-0.1, -0.05) is 37.3 Å². The number of carbonyl (C=O) groups is 1. The molecule has 1 saturated heterocycles. The molecule has 3 nitrogen and oxygen atoms in total. The number of rotatable bonds is 6. The fourth-order valence-corrected chi connectivity index (χ4v) is 2.48. The number of benzene rings is 2. The van der Waals surface area contributed by atoms with Crippen molar-refractivity contribution in [1.82, 2.24) is 0 Å². The van der Waals surface area contributed by atoms with Crippen molar-refractivity contribution in [2.75, 3.05) is 19.8 Å². The Balaban J connectivity index is 1.64. The lowest BCUT2D eigenvalue weighted by Gasteiger charge is -2.40. The molecule has 1 aliphatic rings. The molecule has 0 aliphatic carbocycles. The predicted octanol–water partition coefficient (Wildman–Crippen LogP) is 3.72. The Morgan fingerprint density at radius 3 is 2.23 bits per heavy atom. The smallest absolute Gasteiger partial charge is 0.193 e. The molecular weight excluding hydrogens is 276 g/mol. The third-order valence-electron chi connectivity index (χ3n) is 4.26. The Morgan fingerprint density at radius 1 is 1.05 bits per heavy atom. The first-order valence-corrected chi connectivity index (χ1v) is 7.63. The molecule has 1 heterocycles. The zero-order valence-electron chi connectivity index (χ0n) is 12.7. The first-order valence-electron chi connectivity index (χ1n) is 7.63. The molecule has 2 aromatic carbocycles. The second kappa shape index (κ2) is 6.32. The standard InChI is InChI=1S/C19H20O3/c1-2-19(12-21-13-19)14-22-17-10-8-16(9-11-17)18(20)15-6-4-3-5-7-15/h3-11H,2,12-14H2,1H3. The lowest BCUT2D eigenvalue weighted by Crippen LogP contribution is -2.46. The average Bonchev–Trinajstić information content (AvgIpc) is 2.55. The molecule has 1 aliphatic heterocycles. The van der Waals surface area contributed by atoms with E-state index in [9.17, 15) is 4.79 Å². The maximum absolute atomic E-state index is 12.3. The molecule has 0 bridgehead atoms. The summed E-state index contributed by atoms with van der Waals surface area (Å²) in [5.74, 6) is 0.828. The molecule has 3 rings (SSSR count). The normalized spacial score (nSPS) is 15.9. The van der Waals surface area contributed by atoms with Crippen molar-refractivity contribution in [3.8, 4) is 5.75 Å². The summed E-state index contributed by atoms with van der Waals surface area (Å²) in [7, 11) is 0. The Kier molecular flexibility index (Phi) is 4.25. The van der Waals surface area contributed by atoms with Crippen LogP contribution in [0.15, 0.2) is 54.6 Å². The maximum atomic E-state index is 12.3. The quantitative estimate of drug-likeness (QED) is 0.762. The molecule has 1 fully saturated rings. The molecule has 22 heavy (non-hydrogen) atoms. The van der Waals surface area contributed by atoms with Crippen LogP contribution in [0, 0.1) is 5.41 Å². The number of hydrogen-bond acceptors (Lipinski definition) is 3. The summed E-state index contributed by atoms with van der Waals surface area (Å²) in [6.45, 7) is 4.37. The van der Waals surface area contributed by atoms with E-state index in [0.717, 1.165) is 25.4 Å². The van der Waals surface area contributed by atoms with E-state index in [4.69, 9.17) is 9.47 Å². The van der Waals surface area contributed by atoms with Crippen LogP contribution in [0.2, 0.25) is 0 Å². The Bertz CT molecular complexity index is 622. The van der Waals surface area contributed by atoms with E-state index in [-0.39, 0.29) is 11.2 Å². The zero-order valence-corrected chi connectivity index (χ0v) is 12.7. The van der Waals surface area contributed by atoms with Crippen LogP contribution in [-0.4, -0.2) is 25.6 Å². The van der Waals surface area contributed by atoms with Crippen molar-refractivity contribution < 1.29 is 14.3 Å². The van der Waals surface area contributed by atoms with Gasteiger partial charge in [-0.2, -0.15) is 0 Å². The summed E-state index contributed by atoms with van der Waals surface area (Å²) < 4.78 is 11.1. The van der Waals surface area contributed by atoms with Crippen LogP contribution in [0.5, 0.6) is 5.75 Å². The van der Waals surface area contributed by atoms with Gasteiger partial charge in [0.25, 0.3) is 0 Å². The van der Waals surface area contributed by atoms with Gasteiger partial charge in [0.1, 0.15) is 5.75 Å². The van der Waals surface area contributed by atoms with Gasteiger partial charge in [0.15, 0.2) is 5.78 Å². The van der Waals surface area contributed by atoms with Gasteiger partial charge in [0.05, 0.1) is 25.2 Å². The van der Waals surface area contributed by atoms with Crippen molar-refractivity contribution >= 4 is 5.78 Å². The summed E-state index contributed by atoms with van der Waals surface area (Å²) in [6, 6.07) is 16.7. The molecule has 0 atom stereocenters. The lowest BCUT2D eigenvalue weighted by molar-refractivity contribution is -0.133. The van der Waals surface area contributed by atoms with Gasteiger partial charge >= 0.3 is 0 Å². The highest BCUT2D eigenvalue weighted by atomic mass is 16.5. The first kappa shape index (κ1) is 14.8. The number of hydrogen-bond donors (Lipinski definition) is 0. The minimum atomic E-state index is 0.0320. The van der Waals surface area contributed by atoms with Crippen molar-refractivity contribution in [3.05, 3.63) is 65.7 Å². The molecule has 0 N–H and O–H groups in total. The van der Waals surface area contributed by atoms with Crippen LogP contribution in [0.1, 0.15) is 29.3 Å². The van der Waals surface area contributed by atoms with Gasteiger partial charge in [-0.3, -0.25) is 4.79 Å². The molecule has 0 radical (unpaired) electrons. The van der Waals surface area contributed by atoms with Crippen LogP contribution in [-0.2, 0) is 4.74 Å². The van der Waals surface area contributed by atoms with Crippen molar-refractivity contribution in [3.63, 3.8) is 0 Å². The molecule has 0 spiro atoms. The summed E-state index contributed by atoms with van der Waals surface area (Å²) in [6.07, 6.45) is 1.05. The first-order chi connectivity index (χ1) is 10.7. The van der Waals surface area contributed by atoms with Crippen LogP contribution in [0.3, 0.4) is 0 Å². The van der Waals surface area contributed by atoms with E-state index in [0.29, 0.717) is 17.7 Å². The van der Waals surface area contributed by atoms with E-state index >= 15 is 0 Å². The minimum Gasteiger partial charge on any atom is -0.493 e. The van der Waals surface area contributed by atoms with Gasteiger partial charge in [-0.25, -0.2) is 0 Å². The summed E-state index contributed by atoms with van der Waals surface area (Å²) in [5, 5.41) is 0. The van der Waals surface area contributed by atoms with Crippen LogP contribution in [0.25, 0.3) is 0 Å². The summed E-state index contributed by atoms with van der Waals surface area (Å²) in [4.78, 5) is 12.3. The Hall–Kier alpha value is -2.13. The molecule has 0 amide bonds. The Labute approximate surface area is 130 Å². The summed E-state index contributed by atoms with van der Waals surface area (Å²) >= 11 is 0. The van der Waals surface area contributed by atoms with Gasteiger partial charge in [-0.05, 0) is 30.7 Å². The number of ketones is 1. The third kappa shape index (κ3) is 3.04. The van der Waals surface area contributed by atoms with Crippen molar-refractivity contribution in [1.29, 1.82) is 0 Å². The predicted molar refractivity (Wildman–Crippen MR) is 85.4 cm³/mol. The van der Waals surface area contributed by atoms with Crippen LogP contribution in [0.4, 0.5) is 0 Å². The summed E-state index contributed by atoms with van der Waals surface area (Å²) in [5.41, 5.74) is 1.54. The van der Waals surface area contributed by atoms with Crippen molar-refractivity contribution in [2.24, 2.45) is 5.41 Å². The van der Waals surface area contributed by atoms with Crippen LogP contribution < -0.4 is 4.74 Å². The van der Waals surface area contributed by atoms with E-state index in [1.165, 1.54) is 0 Å². The zero-order chi connectivity index (χ0) is 15.4. The number of carbonyl (C=O) groups excluding carboxylic acids is 1. The molecule has 3 heteroatoms. The van der Waals surface area contributed by atoms with Gasteiger partial charge < -0.3 is 9.47 Å². The highest BCUT2D eigenvalue weighted by Crippen LogP contribution is 2.32. The molecular formula is C19H20O3. The number of ether oxygens (including phenoxy) is 2. The fourth-order valence-electron chi connectivity index (χ4n) is 2.48. The van der Waals surface area contributed by atoms with Crippen molar-refractivity contribution in [2.45, 2.75) is 13.3 Å². The van der Waals surface area contributed by atoms with E-state index in [2.05, 4.69) is 6.92 Å². The van der Waals surface area contributed by atoms with E-state index in [1.807, 2.05) is 54.6 Å². The van der Waals surface area contributed by atoms with E-state index < -0.39 is 0 Å². The lowest BCUT2D eigenvalue weighted by atomic mass is 9.84. The van der Waals surface area contributed by atoms with Gasteiger partial charge in [0, 0.05) is 11.1 Å². The molecule has 2 aromatic rings. The van der Waals surface area contributed by atoms with E-state index in [1.54, 1.807) is 0 Å². The highest BCUT2D eigenvalue weighted by molar-refractivity contribution is 6.08. The Morgan fingerprint density at radius 2 is 1.68 bits per heavy atom. The third-order valence-corrected chi connectivity index (χ3v) is 4.26. The minimum absolute atomic E-state index is 0.0320. The maximum Gasteiger partial charge on any atom is 0.193 e.